The largest absolute Gasteiger partial charge is 0.515 e. The Kier molecular flexibility index (Phi) is 1.89. The summed E-state index contributed by atoms with van der Waals surface area (Å²) in [5.41, 5.74) is -0.648. The summed E-state index contributed by atoms with van der Waals surface area (Å²) in [4.78, 5) is 26.1. The first-order valence-electron chi connectivity index (χ1n) is 4.03. The Labute approximate surface area is 82.7 Å². The number of carboxylic acid groups (broad SMARTS) is 1. The predicted molar refractivity (Wildman–Crippen MR) is 50.7 cm³/mol. The first-order chi connectivity index (χ1) is 7.15. The Morgan fingerprint density at radius 2 is 2.27 bits per heavy atom. The zero-order valence-electron chi connectivity index (χ0n) is 7.41. The lowest BCUT2D eigenvalue weighted by atomic mass is 10.3. The molecule has 6 heteroatoms. The lowest BCUT2D eigenvalue weighted by molar-refractivity contribution is 0.0688. The highest BCUT2D eigenvalue weighted by atomic mass is 16.4. The van der Waals surface area contributed by atoms with E-state index in [2.05, 4.69) is 4.98 Å². The standard InChI is InChI=1S/C9H6N2O4/c12-4-5-3-6(9(14)15)11-2-1-10-8(11)7(5)13/h1-4,12H,(H,14,15). The molecule has 0 aromatic carbocycles. The molecule has 0 fully saturated rings. The van der Waals surface area contributed by atoms with Gasteiger partial charge in [0, 0.05) is 12.4 Å². The number of carbonyl (C=O) groups is 1. The Hall–Kier alpha value is -2.37. The molecule has 0 aliphatic carbocycles. The van der Waals surface area contributed by atoms with Crippen LogP contribution < -0.4 is 10.6 Å². The highest BCUT2D eigenvalue weighted by Gasteiger charge is 2.11. The molecule has 0 radical (unpaired) electrons. The Morgan fingerprint density at radius 1 is 1.53 bits per heavy atom. The third-order valence-electron chi connectivity index (χ3n) is 2.02. The van der Waals surface area contributed by atoms with E-state index in [1.54, 1.807) is 0 Å². The van der Waals surface area contributed by atoms with E-state index in [0.29, 0.717) is 6.26 Å². The van der Waals surface area contributed by atoms with Crippen LogP contribution >= 0.6 is 0 Å². The minimum atomic E-state index is -1.19. The van der Waals surface area contributed by atoms with Gasteiger partial charge in [0.1, 0.15) is 5.69 Å². The number of aromatic carboxylic acids is 1. The topological polar surface area (TPSA) is 91.9 Å². The van der Waals surface area contributed by atoms with Crippen LogP contribution in [0.15, 0.2) is 23.3 Å². The summed E-state index contributed by atoms with van der Waals surface area (Å²) in [6.45, 7) is 0. The number of aromatic nitrogens is 2. The normalized spacial score (nSPS) is 12.1. The van der Waals surface area contributed by atoms with Crippen LogP contribution in [0.3, 0.4) is 0 Å². The number of aliphatic hydroxyl groups excluding tert-OH is 1. The third kappa shape index (κ3) is 1.23. The number of imidazole rings is 1. The van der Waals surface area contributed by atoms with Crippen molar-refractivity contribution in [3.8, 4) is 0 Å². The minimum absolute atomic E-state index is 0.0183. The molecule has 15 heavy (non-hydrogen) atoms. The molecular formula is C9H6N2O4. The van der Waals surface area contributed by atoms with Crippen LogP contribution in [0, 0.1) is 0 Å². The molecule has 0 aliphatic rings. The zero-order valence-corrected chi connectivity index (χ0v) is 7.41. The molecule has 0 amide bonds. The van der Waals surface area contributed by atoms with Gasteiger partial charge in [0.25, 0.3) is 0 Å². The second kappa shape index (κ2) is 3.09. The zero-order chi connectivity index (χ0) is 11.0. The molecule has 2 rings (SSSR count). The van der Waals surface area contributed by atoms with Crippen LogP contribution in [0.25, 0.3) is 11.9 Å². The quantitative estimate of drug-likeness (QED) is 0.650. The maximum Gasteiger partial charge on any atom is 0.352 e. The molecule has 0 aliphatic heterocycles. The van der Waals surface area contributed by atoms with E-state index in [4.69, 9.17) is 10.2 Å². The van der Waals surface area contributed by atoms with Gasteiger partial charge in [-0.25, -0.2) is 9.78 Å². The molecule has 76 valence electrons. The van der Waals surface area contributed by atoms with Crippen molar-refractivity contribution in [2.75, 3.05) is 0 Å². The van der Waals surface area contributed by atoms with Crippen LogP contribution in [0.4, 0.5) is 0 Å². The molecule has 2 aromatic rings. The van der Waals surface area contributed by atoms with Crippen LogP contribution in [0.1, 0.15) is 10.5 Å². The predicted octanol–water partition coefficient (Wildman–Crippen LogP) is -0.592. The van der Waals surface area contributed by atoms with E-state index in [-0.39, 0.29) is 16.6 Å². The second-order valence-electron chi connectivity index (χ2n) is 2.87. The van der Waals surface area contributed by atoms with E-state index in [1.807, 2.05) is 0 Å². The van der Waals surface area contributed by atoms with E-state index in [0.717, 1.165) is 10.5 Å². The molecule has 6 nitrogen and oxygen atoms in total. The fraction of sp³-hybridized carbons (Fsp3) is 0. The number of pyridine rings is 1. The van der Waals surface area contributed by atoms with Gasteiger partial charge in [-0.1, -0.05) is 0 Å². The summed E-state index contributed by atoms with van der Waals surface area (Å²) in [5, 5.41) is 17.5. The highest BCUT2D eigenvalue weighted by Crippen LogP contribution is 1.98. The van der Waals surface area contributed by atoms with E-state index < -0.39 is 11.4 Å². The maximum atomic E-state index is 11.5. The molecule has 2 heterocycles. The van der Waals surface area contributed by atoms with Gasteiger partial charge in [-0.15, -0.1) is 0 Å². The van der Waals surface area contributed by atoms with Crippen LogP contribution in [0.5, 0.6) is 0 Å². The molecule has 0 bridgehead atoms. The number of aliphatic hydroxyl groups is 1. The average Bonchev–Trinajstić information content (AvgIpc) is 2.67. The summed E-state index contributed by atoms with van der Waals surface area (Å²) in [5.74, 6) is -1.19. The van der Waals surface area contributed by atoms with Crippen molar-refractivity contribution < 1.29 is 15.0 Å². The van der Waals surface area contributed by atoms with Crippen molar-refractivity contribution in [2.45, 2.75) is 0 Å². The van der Waals surface area contributed by atoms with Crippen molar-refractivity contribution in [1.29, 1.82) is 0 Å². The molecule has 0 spiro atoms. The van der Waals surface area contributed by atoms with Gasteiger partial charge < -0.3 is 10.2 Å². The Balaban J connectivity index is 3.06. The molecule has 2 N–H and O–H groups in total. The molecule has 0 saturated heterocycles. The molecular weight excluding hydrogens is 200 g/mol. The van der Waals surface area contributed by atoms with Gasteiger partial charge in [-0.3, -0.25) is 9.20 Å². The lowest BCUT2D eigenvalue weighted by Gasteiger charge is -1.98. The molecule has 0 unspecified atom stereocenters. The monoisotopic (exact) mass is 206 g/mol. The van der Waals surface area contributed by atoms with E-state index in [9.17, 15) is 9.59 Å². The summed E-state index contributed by atoms with van der Waals surface area (Å²) in [6, 6.07) is 1.10. The summed E-state index contributed by atoms with van der Waals surface area (Å²) < 4.78 is 1.16. The van der Waals surface area contributed by atoms with Crippen molar-refractivity contribution in [1.82, 2.24) is 9.38 Å². The fourth-order valence-corrected chi connectivity index (χ4v) is 1.34. The summed E-state index contributed by atoms with van der Waals surface area (Å²) in [6.07, 6.45) is 3.27. The second-order valence-corrected chi connectivity index (χ2v) is 2.87. The number of hydrogen-bond donors (Lipinski definition) is 2. The maximum absolute atomic E-state index is 11.5. The number of rotatable bonds is 1. The van der Waals surface area contributed by atoms with Crippen molar-refractivity contribution in [3.05, 3.63) is 39.6 Å². The average molecular weight is 206 g/mol. The van der Waals surface area contributed by atoms with Crippen LogP contribution in [-0.4, -0.2) is 25.6 Å². The Morgan fingerprint density at radius 3 is 2.87 bits per heavy atom. The van der Waals surface area contributed by atoms with Crippen LogP contribution in [-0.2, 0) is 0 Å². The van der Waals surface area contributed by atoms with Gasteiger partial charge in [0.2, 0.25) is 5.43 Å². The highest BCUT2D eigenvalue weighted by molar-refractivity contribution is 5.86. The first kappa shape index (κ1) is 9.20. The third-order valence-corrected chi connectivity index (χ3v) is 2.02. The van der Waals surface area contributed by atoms with Crippen LogP contribution in [0.2, 0.25) is 0 Å². The van der Waals surface area contributed by atoms with Gasteiger partial charge in [0.15, 0.2) is 5.65 Å². The SMILES string of the molecule is O=C(O)c1cc(=CO)c(=O)c2nccn12. The Bertz CT molecular complexity index is 644. The smallest absolute Gasteiger partial charge is 0.352 e. The number of nitrogens with zero attached hydrogens (tertiary/aromatic N) is 2. The minimum Gasteiger partial charge on any atom is -0.515 e. The van der Waals surface area contributed by atoms with Crippen molar-refractivity contribution in [3.63, 3.8) is 0 Å². The van der Waals surface area contributed by atoms with E-state index >= 15 is 0 Å². The molecule has 0 saturated carbocycles. The van der Waals surface area contributed by atoms with E-state index in [1.165, 1.54) is 12.4 Å². The van der Waals surface area contributed by atoms with Gasteiger partial charge >= 0.3 is 5.97 Å². The molecule has 0 atom stereocenters. The van der Waals surface area contributed by atoms with Crippen molar-refractivity contribution in [2.24, 2.45) is 0 Å². The lowest BCUT2D eigenvalue weighted by Crippen LogP contribution is -2.29. The number of carboxylic acids is 1. The van der Waals surface area contributed by atoms with Gasteiger partial charge in [0.05, 0.1) is 11.5 Å². The number of hydrogen-bond acceptors (Lipinski definition) is 4. The summed E-state index contributed by atoms with van der Waals surface area (Å²) >= 11 is 0. The van der Waals surface area contributed by atoms with Gasteiger partial charge in [-0.2, -0.15) is 0 Å². The summed E-state index contributed by atoms with van der Waals surface area (Å²) in [7, 11) is 0. The fourth-order valence-electron chi connectivity index (χ4n) is 1.34. The molecule has 2 aromatic heterocycles. The van der Waals surface area contributed by atoms with Gasteiger partial charge in [-0.05, 0) is 6.07 Å². The van der Waals surface area contributed by atoms with Crippen molar-refractivity contribution >= 4 is 17.9 Å². The number of fused-ring (bicyclic) bond motifs is 1. The first-order valence-corrected chi connectivity index (χ1v) is 4.03.